The number of hydrogen-bond acceptors (Lipinski definition) is 12. The molecule has 0 spiro atoms. The highest BCUT2D eigenvalue weighted by molar-refractivity contribution is 8.00. The van der Waals surface area contributed by atoms with Crippen LogP contribution < -0.4 is 11.1 Å². The Bertz CT molecular complexity index is 1130. The van der Waals surface area contributed by atoms with E-state index in [0.29, 0.717) is 0 Å². The van der Waals surface area contributed by atoms with Gasteiger partial charge in [-0.15, -0.1) is 23.1 Å². The Morgan fingerprint density at radius 1 is 1.38 bits per heavy atom. The van der Waals surface area contributed by atoms with Crippen molar-refractivity contribution >= 4 is 63.7 Å². The molecular formula is C18H19N5O9S2. The number of amides is 2. The van der Waals surface area contributed by atoms with Gasteiger partial charge in [0.25, 0.3) is 17.5 Å². The second kappa shape index (κ2) is 8.12. The van der Waals surface area contributed by atoms with Gasteiger partial charge in [-0.25, -0.2) is 14.6 Å². The number of hydrogen-bond donors (Lipinski definition) is 4. The summed E-state index contributed by atoms with van der Waals surface area (Å²) >= 11 is 2.17. The number of aliphatic carboxylic acids is 2. The van der Waals surface area contributed by atoms with Gasteiger partial charge in [-0.05, 0) is 13.8 Å². The van der Waals surface area contributed by atoms with Crippen LogP contribution in [0.15, 0.2) is 10.5 Å². The summed E-state index contributed by atoms with van der Waals surface area (Å²) < 4.78 is 5.10. The Kier molecular flexibility index (Phi) is 5.67. The number of thioether (sulfide) groups is 1. The highest BCUT2D eigenvalue weighted by Gasteiger charge is 2.71. The lowest BCUT2D eigenvalue weighted by molar-refractivity contribution is -0.213. The van der Waals surface area contributed by atoms with Crippen molar-refractivity contribution in [3.8, 4) is 0 Å². The second-order valence-corrected chi connectivity index (χ2v) is 10.3. The van der Waals surface area contributed by atoms with Gasteiger partial charge in [0, 0.05) is 11.1 Å². The predicted octanol–water partition coefficient (Wildman–Crippen LogP) is -1.15. The number of fused-ring (bicyclic) bond motifs is 3. The number of nitrogens with one attached hydrogen (secondary N) is 1. The third-order valence-electron chi connectivity index (χ3n) is 5.56. The predicted molar refractivity (Wildman–Crippen MR) is 116 cm³/mol. The van der Waals surface area contributed by atoms with E-state index in [1.54, 1.807) is 0 Å². The zero-order chi connectivity index (χ0) is 25.0. The first-order chi connectivity index (χ1) is 15.9. The van der Waals surface area contributed by atoms with Crippen molar-refractivity contribution in [3.05, 3.63) is 11.1 Å². The van der Waals surface area contributed by atoms with Gasteiger partial charge in [-0.1, -0.05) is 5.16 Å². The first-order valence-electron chi connectivity index (χ1n) is 9.80. The van der Waals surface area contributed by atoms with Crippen LogP contribution in [-0.4, -0.2) is 89.9 Å². The molecule has 4 rings (SSSR count). The molecule has 3 fully saturated rings. The molecule has 4 heterocycles. The van der Waals surface area contributed by atoms with Crippen molar-refractivity contribution in [2.45, 2.75) is 48.9 Å². The fourth-order valence-electron chi connectivity index (χ4n) is 3.74. The van der Waals surface area contributed by atoms with Gasteiger partial charge in [0.15, 0.2) is 10.8 Å². The van der Waals surface area contributed by atoms with Gasteiger partial charge in [0.1, 0.15) is 11.7 Å². The molecule has 0 aromatic carbocycles. The zero-order valence-electron chi connectivity index (χ0n) is 17.7. The van der Waals surface area contributed by atoms with Crippen molar-refractivity contribution in [2.24, 2.45) is 5.16 Å². The first kappa shape index (κ1) is 23.7. The smallest absolute Gasteiger partial charge is 0.371 e. The molecule has 1 aromatic heterocycles. The lowest BCUT2D eigenvalue weighted by atomic mass is 9.89. The summed E-state index contributed by atoms with van der Waals surface area (Å²) in [4.78, 5) is 71.1. The van der Waals surface area contributed by atoms with Crippen molar-refractivity contribution in [1.29, 1.82) is 0 Å². The van der Waals surface area contributed by atoms with Gasteiger partial charge in [0.05, 0.1) is 17.7 Å². The van der Waals surface area contributed by atoms with E-state index in [4.69, 9.17) is 15.3 Å². The topological polar surface area (TPSA) is 211 Å². The molecule has 0 aliphatic carbocycles. The standard InChI is InChI=1S/C18H19N5O9S2/c1-17(2,14(27)28)32-22-10(6-4-34-16(19)20-6)12(25)21-11-7-5-33-8-3-9(24)31-18(8,15(29)30)23(7)13(11)26/h4,7-8,11H,3,5H2,1-2H3,(H2,19,20)(H,21,25)(H,27,28)(H,29,30)/b22-10+/t7-,8-,11+,18+/m1/s1. The molecular weight excluding hydrogens is 494 g/mol. The molecule has 3 saturated heterocycles. The van der Waals surface area contributed by atoms with E-state index in [0.717, 1.165) is 16.2 Å². The Morgan fingerprint density at radius 3 is 2.68 bits per heavy atom. The summed E-state index contributed by atoms with van der Waals surface area (Å²) in [5, 5.41) is 25.9. The van der Waals surface area contributed by atoms with Crippen molar-refractivity contribution < 1.29 is 43.8 Å². The summed E-state index contributed by atoms with van der Waals surface area (Å²) in [7, 11) is 0. The largest absolute Gasteiger partial charge is 0.478 e. The number of carbonyl (C=O) groups is 5. The number of aromatic nitrogens is 1. The Morgan fingerprint density at radius 2 is 2.09 bits per heavy atom. The number of carboxylic acid groups (broad SMARTS) is 2. The number of oxime groups is 1. The minimum Gasteiger partial charge on any atom is -0.478 e. The number of nitrogen functional groups attached to an aromatic ring is 1. The number of β-lactam (4-membered cyclic amide) rings is 1. The minimum absolute atomic E-state index is 0.00497. The van der Waals surface area contributed by atoms with Crippen LogP contribution >= 0.6 is 23.1 Å². The number of nitrogens with two attached hydrogens (primary N) is 1. The second-order valence-electron chi connectivity index (χ2n) is 8.15. The summed E-state index contributed by atoms with van der Waals surface area (Å²) in [6, 6.07) is -1.90. The van der Waals surface area contributed by atoms with Gasteiger partial charge < -0.3 is 30.8 Å². The maximum Gasteiger partial charge on any atom is 0.371 e. The SMILES string of the molecule is CC(C)(O/N=C(/C(=O)N[C@@H]1C(=O)N2[C@@H]1CS[C@@H]1CC(=O)O[C@]12C(=O)O)c1csc(N)n1)C(=O)O. The third-order valence-corrected chi connectivity index (χ3v) is 7.65. The van der Waals surface area contributed by atoms with Crippen LogP contribution in [0.5, 0.6) is 0 Å². The summed E-state index contributed by atoms with van der Waals surface area (Å²) in [5.41, 5.74) is 1.30. The summed E-state index contributed by atoms with van der Waals surface area (Å²) in [6.45, 7) is 2.45. The molecule has 182 valence electrons. The molecule has 0 unspecified atom stereocenters. The van der Waals surface area contributed by atoms with Gasteiger partial charge >= 0.3 is 17.9 Å². The Balaban J connectivity index is 1.57. The molecule has 3 aliphatic rings. The van der Waals surface area contributed by atoms with Crippen LogP contribution in [0.1, 0.15) is 26.0 Å². The zero-order valence-corrected chi connectivity index (χ0v) is 19.3. The minimum atomic E-state index is -2.13. The van der Waals surface area contributed by atoms with Crippen LogP contribution in [-0.2, 0) is 33.5 Å². The number of esters is 1. The molecule has 16 heteroatoms. The number of ether oxygens (including phenoxy) is 1. The Labute approximate surface area is 199 Å². The maximum absolute atomic E-state index is 13.0. The van der Waals surface area contributed by atoms with Crippen molar-refractivity contribution in [3.63, 3.8) is 0 Å². The van der Waals surface area contributed by atoms with E-state index in [1.807, 2.05) is 0 Å². The monoisotopic (exact) mass is 513 g/mol. The fourth-order valence-corrected chi connectivity index (χ4v) is 5.80. The molecule has 14 nitrogen and oxygen atoms in total. The van der Waals surface area contributed by atoms with Crippen molar-refractivity contribution in [1.82, 2.24) is 15.2 Å². The average molecular weight is 514 g/mol. The maximum atomic E-state index is 13.0. The van der Waals surface area contributed by atoms with E-state index in [9.17, 15) is 34.2 Å². The van der Waals surface area contributed by atoms with Crippen LogP contribution in [0.3, 0.4) is 0 Å². The van der Waals surface area contributed by atoms with Gasteiger partial charge in [-0.3, -0.25) is 19.3 Å². The molecule has 0 saturated carbocycles. The van der Waals surface area contributed by atoms with Crippen LogP contribution in [0.4, 0.5) is 5.13 Å². The highest BCUT2D eigenvalue weighted by atomic mass is 32.2. The molecule has 3 aliphatic heterocycles. The average Bonchev–Trinajstić information content (AvgIpc) is 3.33. The van der Waals surface area contributed by atoms with E-state index >= 15 is 0 Å². The van der Waals surface area contributed by atoms with Crippen LogP contribution in [0.25, 0.3) is 0 Å². The molecule has 34 heavy (non-hydrogen) atoms. The van der Waals surface area contributed by atoms with E-state index < -0.39 is 64.1 Å². The number of carbonyl (C=O) groups excluding carboxylic acids is 3. The first-order valence-corrected chi connectivity index (χ1v) is 11.7. The van der Waals surface area contributed by atoms with Gasteiger partial charge in [0.2, 0.25) is 5.60 Å². The molecule has 1 aromatic rings. The molecule has 2 amide bonds. The number of nitrogens with zero attached hydrogens (tertiary/aromatic N) is 3. The molecule has 0 radical (unpaired) electrons. The number of anilines is 1. The van der Waals surface area contributed by atoms with Crippen LogP contribution in [0, 0.1) is 0 Å². The van der Waals surface area contributed by atoms with Crippen molar-refractivity contribution in [2.75, 3.05) is 11.5 Å². The van der Waals surface area contributed by atoms with E-state index in [1.165, 1.54) is 31.0 Å². The molecule has 4 atom stereocenters. The quantitative estimate of drug-likeness (QED) is 0.147. The van der Waals surface area contributed by atoms with E-state index in [-0.39, 0.29) is 23.0 Å². The highest BCUT2D eigenvalue weighted by Crippen LogP contribution is 2.49. The third kappa shape index (κ3) is 3.62. The lowest BCUT2D eigenvalue weighted by Crippen LogP contribution is -2.82. The number of carboxylic acids is 2. The number of rotatable bonds is 7. The molecule has 5 N–H and O–H groups in total. The van der Waals surface area contributed by atoms with E-state index in [2.05, 4.69) is 15.5 Å². The summed E-state index contributed by atoms with van der Waals surface area (Å²) in [6.07, 6.45) is -0.150. The Hall–Kier alpha value is -3.40. The fraction of sp³-hybridized carbons (Fsp3) is 0.500. The van der Waals surface area contributed by atoms with Gasteiger partial charge in [-0.2, -0.15) is 0 Å². The normalized spacial score (nSPS) is 28.4. The lowest BCUT2D eigenvalue weighted by Gasteiger charge is -2.56. The summed E-state index contributed by atoms with van der Waals surface area (Å²) in [5.74, 6) is -4.93. The van der Waals surface area contributed by atoms with Crippen LogP contribution in [0.2, 0.25) is 0 Å². The number of thiazole rings is 1. The molecule has 0 bridgehead atoms.